The number of amides is 3. The molecular weight excluding hydrogens is 260 g/mol. The van der Waals surface area contributed by atoms with Crippen molar-refractivity contribution in [1.29, 1.82) is 0 Å². The van der Waals surface area contributed by atoms with Crippen LogP contribution in [0.25, 0.3) is 0 Å². The third-order valence-electron chi connectivity index (χ3n) is 3.79. The number of ether oxygens (including phenoxy) is 1. The molecule has 0 saturated carbocycles. The highest BCUT2D eigenvalue weighted by molar-refractivity contribution is 6.05. The number of hydrogen-bond acceptors (Lipinski definition) is 4. The van der Waals surface area contributed by atoms with E-state index in [-0.39, 0.29) is 42.5 Å². The second-order valence-corrected chi connectivity index (χ2v) is 5.08. The van der Waals surface area contributed by atoms with E-state index in [2.05, 4.69) is 5.32 Å². The average molecular weight is 280 g/mol. The number of imide groups is 1. The molecule has 1 N–H and O–H groups in total. The first-order valence-corrected chi connectivity index (χ1v) is 6.91. The van der Waals surface area contributed by atoms with Gasteiger partial charge in [0.25, 0.3) is 0 Å². The first-order chi connectivity index (χ1) is 9.65. The topological polar surface area (TPSA) is 75.7 Å². The minimum absolute atomic E-state index is 0.131. The average Bonchev–Trinajstić information content (AvgIpc) is 2.70. The summed E-state index contributed by atoms with van der Waals surface area (Å²) in [7, 11) is 1.56. The zero-order chi connectivity index (χ0) is 14.5. The number of methoxy groups -OCH3 is 1. The number of hydrogen-bond donors (Lipinski definition) is 1. The number of rotatable bonds is 6. The monoisotopic (exact) mass is 280 g/mol. The lowest BCUT2D eigenvalue weighted by Crippen LogP contribution is -2.36. The number of nitrogens with one attached hydrogen (secondary N) is 1. The summed E-state index contributed by atoms with van der Waals surface area (Å²) < 4.78 is 4.83. The molecule has 1 fully saturated rings. The molecule has 0 spiro atoms. The molecule has 1 heterocycles. The molecule has 0 bridgehead atoms. The standard InChI is InChI=1S/C14H20N2O4/c1-20-9-7-15-12(17)6-8-16-13(18)10-4-2-3-5-11(10)14(16)19/h2-3,10-11H,4-9H2,1H3,(H,15,17)/t10-,11-/m0/s1. The molecule has 3 amide bonds. The van der Waals surface area contributed by atoms with Gasteiger partial charge >= 0.3 is 0 Å². The number of fused-ring (bicyclic) bond motifs is 1. The van der Waals surface area contributed by atoms with Crippen molar-refractivity contribution in [3.05, 3.63) is 12.2 Å². The maximum Gasteiger partial charge on any atom is 0.233 e. The number of allylic oxidation sites excluding steroid dienone is 2. The maximum atomic E-state index is 12.1. The summed E-state index contributed by atoms with van der Waals surface area (Å²) >= 11 is 0. The first kappa shape index (κ1) is 14.7. The van der Waals surface area contributed by atoms with Crippen molar-refractivity contribution in [1.82, 2.24) is 10.2 Å². The molecule has 20 heavy (non-hydrogen) atoms. The third kappa shape index (κ3) is 3.07. The molecule has 0 radical (unpaired) electrons. The largest absolute Gasteiger partial charge is 0.383 e. The van der Waals surface area contributed by atoms with Gasteiger partial charge in [0, 0.05) is 26.6 Å². The van der Waals surface area contributed by atoms with Gasteiger partial charge in [0.05, 0.1) is 18.4 Å². The van der Waals surface area contributed by atoms with E-state index in [0.717, 1.165) is 0 Å². The van der Waals surface area contributed by atoms with Crippen LogP contribution in [0.15, 0.2) is 12.2 Å². The Morgan fingerprint density at radius 2 is 1.90 bits per heavy atom. The van der Waals surface area contributed by atoms with Crippen LogP contribution in [0, 0.1) is 11.8 Å². The zero-order valence-corrected chi connectivity index (χ0v) is 11.6. The van der Waals surface area contributed by atoms with E-state index in [1.165, 1.54) is 4.90 Å². The van der Waals surface area contributed by atoms with Crippen LogP contribution in [0.2, 0.25) is 0 Å². The Hall–Kier alpha value is -1.69. The summed E-state index contributed by atoms with van der Waals surface area (Å²) in [6.45, 7) is 1.05. The summed E-state index contributed by atoms with van der Waals surface area (Å²) in [4.78, 5) is 37.1. The van der Waals surface area contributed by atoms with E-state index in [9.17, 15) is 14.4 Å². The Balaban J connectivity index is 1.83. The van der Waals surface area contributed by atoms with Crippen LogP contribution in [-0.2, 0) is 19.1 Å². The smallest absolute Gasteiger partial charge is 0.233 e. The molecule has 1 saturated heterocycles. The molecule has 2 atom stereocenters. The van der Waals surface area contributed by atoms with Crippen molar-refractivity contribution in [2.75, 3.05) is 26.8 Å². The fourth-order valence-corrected chi connectivity index (χ4v) is 2.68. The molecule has 1 aliphatic carbocycles. The van der Waals surface area contributed by atoms with Gasteiger partial charge in [-0.1, -0.05) is 12.2 Å². The SMILES string of the molecule is COCCNC(=O)CCN1C(=O)[C@H]2CC=CC[C@@H]2C1=O. The number of nitrogens with zero attached hydrogens (tertiary/aromatic N) is 1. The Morgan fingerprint density at radius 1 is 1.30 bits per heavy atom. The van der Waals surface area contributed by atoms with Gasteiger partial charge in [-0.25, -0.2) is 0 Å². The van der Waals surface area contributed by atoms with Crippen LogP contribution >= 0.6 is 0 Å². The van der Waals surface area contributed by atoms with Crippen molar-refractivity contribution in [2.24, 2.45) is 11.8 Å². The molecule has 1 aliphatic heterocycles. The Morgan fingerprint density at radius 3 is 2.45 bits per heavy atom. The van der Waals surface area contributed by atoms with Crippen LogP contribution < -0.4 is 5.32 Å². The lowest BCUT2D eigenvalue weighted by Gasteiger charge is -2.14. The number of likely N-dealkylation sites (tertiary alicyclic amines) is 1. The Labute approximate surface area is 118 Å². The van der Waals surface area contributed by atoms with Crippen molar-refractivity contribution in [3.63, 3.8) is 0 Å². The van der Waals surface area contributed by atoms with Crippen molar-refractivity contribution in [3.8, 4) is 0 Å². The Bertz CT molecular complexity index is 407. The quantitative estimate of drug-likeness (QED) is 0.425. The first-order valence-electron chi connectivity index (χ1n) is 6.91. The van der Waals surface area contributed by atoms with Gasteiger partial charge < -0.3 is 10.1 Å². The van der Waals surface area contributed by atoms with E-state index in [0.29, 0.717) is 26.0 Å². The number of carbonyl (C=O) groups is 3. The van der Waals surface area contributed by atoms with Crippen LogP contribution in [0.5, 0.6) is 0 Å². The molecule has 110 valence electrons. The Kier molecular flexibility index (Phi) is 4.89. The highest BCUT2D eigenvalue weighted by atomic mass is 16.5. The predicted octanol–water partition coefficient (Wildman–Crippen LogP) is 0.0903. The zero-order valence-electron chi connectivity index (χ0n) is 11.6. The third-order valence-corrected chi connectivity index (χ3v) is 3.79. The fourth-order valence-electron chi connectivity index (χ4n) is 2.68. The second kappa shape index (κ2) is 6.65. The van der Waals surface area contributed by atoms with Gasteiger partial charge in [-0.05, 0) is 12.8 Å². The normalized spacial score (nSPS) is 24.9. The van der Waals surface area contributed by atoms with Crippen LogP contribution in [0.4, 0.5) is 0 Å². The van der Waals surface area contributed by atoms with E-state index in [4.69, 9.17) is 4.74 Å². The van der Waals surface area contributed by atoms with E-state index in [1.807, 2.05) is 12.2 Å². The molecule has 0 aromatic heterocycles. The second-order valence-electron chi connectivity index (χ2n) is 5.08. The lowest BCUT2D eigenvalue weighted by molar-refractivity contribution is -0.140. The molecular formula is C14H20N2O4. The van der Waals surface area contributed by atoms with Crippen molar-refractivity contribution in [2.45, 2.75) is 19.3 Å². The minimum Gasteiger partial charge on any atom is -0.383 e. The summed E-state index contributed by atoms with van der Waals surface area (Å²) in [5, 5.41) is 2.67. The summed E-state index contributed by atoms with van der Waals surface area (Å²) in [5.41, 5.74) is 0. The minimum atomic E-state index is -0.218. The van der Waals surface area contributed by atoms with E-state index in [1.54, 1.807) is 7.11 Å². The summed E-state index contributed by atoms with van der Waals surface area (Å²) in [6, 6.07) is 0. The number of carbonyl (C=O) groups excluding carboxylic acids is 3. The van der Waals surface area contributed by atoms with Gasteiger partial charge in [-0.3, -0.25) is 19.3 Å². The molecule has 6 nitrogen and oxygen atoms in total. The molecule has 0 aromatic rings. The van der Waals surface area contributed by atoms with Crippen LogP contribution in [0.3, 0.4) is 0 Å². The molecule has 2 aliphatic rings. The van der Waals surface area contributed by atoms with Crippen molar-refractivity contribution >= 4 is 17.7 Å². The maximum absolute atomic E-state index is 12.1. The van der Waals surface area contributed by atoms with Gasteiger partial charge in [0.2, 0.25) is 17.7 Å². The molecule has 6 heteroatoms. The fraction of sp³-hybridized carbons (Fsp3) is 0.643. The molecule has 2 rings (SSSR count). The van der Waals surface area contributed by atoms with Gasteiger partial charge in [0.15, 0.2) is 0 Å². The van der Waals surface area contributed by atoms with Gasteiger partial charge in [-0.2, -0.15) is 0 Å². The lowest BCUT2D eigenvalue weighted by atomic mass is 9.85. The van der Waals surface area contributed by atoms with Crippen LogP contribution in [-0.4, -0.2) is 49.4 Å². The highest BCUT2D eigenvalue weighted by Gasteiger charge is 2.46. The summed E-state index contributed by atoms with van der Waals surface area (Å²) in [5.74, 6) is -0.869. The summed E-state index contributed by atoms with van der Waals surface area (Å²) in [6.07, 6.45) is 5.31. The highest BCUT2D eigenvalue weighted by Crippen LogP contribution is 2.34. The van der Waals surface area contributed by atoms with E-state index < -0.39 is 0 Å². The van der Waals surface area contributed by atoms with E-state index >= 15 is 0 Å². The molecule has 0 aromatic carbocycles. The predicted molar refractivity (Wildman–Crippen MR) is 71.6 cm³/mol. The van der Waals surface area contributed by atoms with Crippen molar-refractivity contribution < 1.29 is 19.1 Å². The van der Waals surface area contributed by atoms with Gasteiger partial charge in [0.1, 0.15) is 0 Å². The van der Waals surface area contributed by atoms with Crippen LogP contribution in [0.1, 0.15) is 19.3 Å². The molecule has 0 unspecified atom stereocenters. The van der Waals surface area contributed by atoms with Gasteiger partial charge in [-0.15, -0.1) is 0 Å².